The normalized spacial score (nSPS) is 16.0. The van der Waals surface area contributed by atoms with Gasteiger partial charge >= 0.3 is 5.97 Å². The van der Waals surface area contributed by atoms with Crippen LogP contribution in [0, 0.1) is 17.5 Å². The van der Waals surface area contributed by atoms with Gasteiger partial charge in [-0.05, 0) is 13.0 Å². The number of halogens is 4. The van der Waals surface area contributed by atoms with E-state index in [1.165, 1.54) is 11.1 Å². The maximum Gasteiger partial charge on any atom is 0.307 e. The summed E-state index contributed by atoms with van der Waals surface area (Å²) in [5.41, 5.74) is -0.441. The summed E-state index contributed by atoms with van der Waals surface area (Å²) >= 11 is 7.97. The number of rotatable bonds is 5. The van der Waals surface area contributed by atoms with Crippen LogP contribution in [0.4, 0.5) is 19.0 Å². The Morgan fingerprint density at radius 2 is 2.06 bits per heavy atom. The molecule has 0 saturated carbocycles. The number of thiazole rings is 1. The number of hydrogen-bond acceptors (Lipinski definition) is 7. The molecule has 0 spiro atoms. The molecule has 162 valence electrons. The van der Waals surface area contributed by atoms with Gasteiger partial charge in [-0.3, -0.25) is 14.5 Å². The summed E-state index contributed by atoms with van der Waals surface area (Å²) in [5.74, 6) is -4.24. The molecule has 0 radical (unpaired) electrons. The van der Waals surface area contributed by atoms with Gasteiger partial charge in [0.05, 0.1) is 39.4 Å². The smallest absolute Gasteiger partial charge is 0.307 e. The quantitative estimate of drug-likeness (QED) is 0.383. The highest BCUT2D eigenvalue weighted by atomic mass is 35.5. The second kappa shape index (κ2) is 8.64. The van der Waals surface area contributed by atoms with Gasteiger partial charge in [0.15, 0.2) is 11.6 Å². The lowest BCUT2D eigenvalue weighted by molar-refractivity contribution is -0.144. The number of hydrogen-bond donors (Lipinski definition) is 0. The Morgan fingerprint density at radius 1 is 1.29 bits per heavy atom. The van der Waals surface area contributed by atoms with Crippen molar-refractivity contribution < 1.29 is 27.5 Å². The highest BCUT2D eigenvalue weighted by molar-refractivity contribution is 8.01. The van der Waals surface area contributed by atoms with Crippen molar-refractivity contribution >= 4 is 62.6 Å². The van der Waals surface area contributed by atoms with Crippen LogP contribution in [-0.4, -0.2) is 33.7 Å². The lowest BCUT2D eigenvalue weighted by atomic mass is 10.2. The van der Waals surface area contributed by atoms with Crippen LogP contribution in [0.25, 0.3) is 10.2 Å². The minimum Gasteiger partial charge on any atom is -0.466 e. The number of fused-ring (bicyclic) bond motifs is 2. The Hall–Kier alpha value is -2.37. The van der Waals surface area contributed by atoms with Crippen LogP contribution in [-0.2, 0) is 20.9 Å². The minimum absolute atomic E-state index is 0.153. The van der Waals surface area contributed by atoms with Crippen molar-refractivity contribution in [3.05, 3.63) is 45.8 Å². The third-order valence-electron chi connectivity index (χ3n) is 4.38. The van der Waals surface area contributed by atoms with Gasteiger partial charge in [0.2, 0.25) is 5.91 Å². The second-order valence-corrected chi connectivity index (χ2v) is 9.22. The van der Waals surface area contributed by atoms with E-state index in [-0.39, 0.29) is 35.1 Å². The largest absolute Gasteiger partial charge is 0.466 e. The number of anilines is 1. The summed E-state index contributed by atoms with van der Waals surface area (Å²) in [4.78, 5) is 35.1. The fourth-order valence-corrected chi connectivity index (χ4v) is 5.46. The number of nitrogens with zero attached hydrogens (tertiary/aromatic N) is 3. The maximum absolute atomic E-state index is 14.1. The Balaban J connectivity index is 1.71. The zero-order chi connectivity index (χ0) is 22.3. The molecule has 0 fully saturated rings. The average Bonchev–Trinajstić information content (AvgIpc) is 3.14. The highest BCUT2D eigenvalue weighted by Crippen LogP contribution is 2.41. The standard InChI is InChI=1S/C19H13ClF3N3O3S2/c1-2-29-14(27)5-12-19(28)26(18-11(30-12)3-8(20)6-24-18)7-13-25-16-15(23)9(21)4-10(22)17(16)31-13/h3-4,6,12H,2,5,7H2,1H3. The van der Waals surface area contributed by atoms with Crippen molar-refractivity contribution in [1.82, 2.24) is 9.97 Å². The Kier molecular flexibility index (Phi) is 6.09. The molecule has 0 aliphatic carbocycles. The number of benzene rings is 1. The predicted octanol–water partition coefficient (Wildman–Crippen LogP) is 4.72. The summed E-state index contributed by atoms with van der Waals surface area (Å²) in [6.07, 6.45) is 1.19. The van der Waals surface area contributed by atoms with Gasteiger partial charge in [-0.1, -0.05) is 11.6 Å². The summed E-state index contributed by atoms with van der Waals surface area (Å²) in [5, 5.41) is -0.279. The van der Waals surface area contributed by atoms with Crippen molar-refractivity contribution in [1.29, 1.82) is 0 Å². The summed E-state index contributed by atoms with van der Waals surface area (Å²) in [6, 6.07) is 2.07. The predicted molar refractivity (Wildman–Crippen MR) is 111 cm³/mol. The van der Waals surface area contributed by atoms with E-state index >= 15 is 0 Å². The topological polar surface area (TPSA) is 72.4 Å². The minimum atomic E-state index is -1.34. The van der Waals surface area contributed by atoms with Gasteiger partial charge in [0, 0.05) is 12.3 Å². The number of pyridine rings is 1. The van der Waals surface area contributed by atoms with Crippen LogP contribution >= 0.6 is 34.7 Å². The van der Waals surface area contributed by atoms with Crippen LogP contribution in [0.5, 0.6) is 0 Å². The van der Waals surface area contributed by atoms with Gasteiger partial charge in [-0.15, -0.1) is 23.1 Å². The molecule has 12 heteroatoms. The molecule has 0 N–H and O–H groups in total. The van der Waals surface area contributed by atoms with Crippen molar-refractivity contribution in [3.8, 4) is 0 Å². The first-order valence-electron chi connectivity index (χ1n) is 9.00. The van der Waals surface area contributed by atoms with E-state index in [1.807, 2.05) is 0 Å². The summed E-state index contributed by atoms with van der Waals surface area (Å²) in [7, 11) is 0. The number of ether oxygens (including phenoxy) is 1. The molecule has 1 amide bonds. The monoisotopic (exact) mass is 487 g/mol. The fraction of sp³-hybridized carbons (Fsp3) is 0.263. The molecule has 1 aromatic carbocycles. The first-order chi connectivity index (χ1) is 14.8. The molecule has 4 rings (SSSR count). The lowest BCUT2D eigenvalue weighted by Gasteiger charge is -2.31. The number of carbonyl (C=O) groups is 2. The molecule has 2 aromatic heterocycles. The van der Waals surface area contributed by atoms with E-state index in [1.54, 1.807) is 13.0 Å². The van der Waals surface area contributed by atoms with Crippen molar-refractivity contribution in [3.63, 3.8) is 0 Å². The van der Waals surface area contributed by atoms with Crippen LogP contribution in [0.15, 0.2) is 23.2 Å². The van der Waals surface area contributed by atoms with E-state index in [4.69, 9.17) is 16.3 Å². The Morgan fingerprint density at radius 3 is 2.81 bits per heavy atom. The molecule has 1 atom stereocenters. The van der Waals surface area contributed by atoms with Crippen molar-refractivity contribution in [2.45, 2.75) is 30.0 Å². The molecule has 1 aliphatic heterocycles. The van der Waals surface area contributed by atoms with E-state index in [0.717, 1.165) is 23.1 Å². The summed E-state index contributed by atoms with van der Waals surface area (Å²) in [6.45, 7) is 1.67. The van der Waals surface area contributed by atoms with E-state index in [9.17, 15) is 22.8 Å². The van der Waals surface area contributed by atoms with E-state index in [2.05, 4.69) is 9.97 Å². The number of thioether (sulfide) groups is 1. The van der Waals surface area contributed by atoms with Gasteiger partial charge in [0.25, 0.3) is 0 Å². The summed E-state index contributed by atoms with van der Waals surface area (Å²) < 4.78 is 46.4. The zero-order valence-corrected chi connectivity index (χ0v) is 18.2. The van der Waals surface area contributed by atoms with Crippen LogP contribution in [0.1, 0.15) is 18.4 Å². The molecule has 6 nitrogen and oxygen atoms in total. The molecule has 0 saturated heterocycles. The molecule has 31 heavy (non-hydrogen) atoms. The maximum atomic E-state index is 14.1. The Labute approximate surface area is 187 Å². The first kappa shape index (κ1) is 21.8. The lowest BCUT2D eigenvalue weighted by Crippen LogP contribution is -2.42. The molecule has 0 bridgehead atoms. The van der Waals surface area contributed by atoms with E-state index in [0.29, 0.717) is 16.0 Å². The van der Waals surface area contributed by atoms with E-state index < -0.39 is 40.1 Å². The number of amides is 1. The molecule has 3 heterocycles. The first-order valence-corrected chi connectivity index (χ1v) is 11.1. The van der Waals surface area contributed by atoms with Gasteiger partial charge < -0.3 is 4.74 Å². The highest BCUT2D eigenvalue weighted by Gasteiger charge is 2.37. The average molecular weight is 488 g/mol. The van der Waals surface area contributed by atoms with Gasteiger partial charge in [-0.2, -0.15) is 0 Å². The third kappa shape index (κ3) is 4.21. The number of carbonyl (C=O) groups excluding carboxylic acids is 2. The van der Waals surface area contributed by atoms with Crippen molar-refractivity contribution in [2.75, 3.05) is 11.5 Å². The molecule has 1 aliphatic rings. The fourth-order valence-electron chi connectivity index (χ4n) is 3.07. The van der Waals surface area contributed by atoms with Gasteiger partial charge in [0.1, 0.15) is 22.2 Å². The van der Waals surface area contributed by atoms with Crippen molar-refractivity contribution in [2.24, 2.45) is 0 Å². The Bertz CT molecular complexity index is 1210. The van der Waals surface area contributed by atoms with Crippen LogP contribution < -0.4 is 4.90 Å². The molecular weight excluding hydrogens is 475 g/mol. The van der Waals surface area contributed by atoms with Crippen LogP contribution in [0.2, 0.25) is 5.02 Å². The molecule has 1 unspecified atom stereocenters. The number of aromatic nitrogens is 2. The second-order valence-electron chi connectivity index (χ2n) is 6.45. The van der Waals surface area contributed by atoms with Gasteiger partial charge in [-0.25, -0.2) is 23.1 Å². The number of esters is 1. The third-order valence-corrected chi connectivity index (χ3v) is 6.84. The zero-order valence-electron chi connectivity index (χ0n) is 15.8. The molecular formula is C19H13ClF3N3O3S2. The molecule has 3 aromatic rings. The van der Waals surface area contributed by atoms with Crippen LogP contribution in [0.3, 0.4) is 0 Å². The SMILES string of the molecule is CCOC(=O)CC1Sc2cc(Cl)cnc2N(Cc2nc3c(F)c(F)cc(F)c3s2)C1=O.